The molecule has 4 N–H and O–H groups in total. The third kappa shape index (κ3) is 3.43. The number of hydrogen-bond donors (Lipinski definition) is 3. The predicted octanol–water partition coefficient (Wildman–Crippen LogP) is -1.52. The van der Waals surface area contributed by atoms with Gasteiger partial charge < -0.3 is 20.7 Å². The fourth-order valence-corrected chi connectivity index (χ4v) is 2.37. The number of nitrogens with zero attached hydrogens (tertiary/aromatic N) is 2. The molecule has 2 heterocycles. The van der Waals surface area contributed by atoms with Gasteiger partial charge in [0, 0.05) is 18.8 Å². The molecule has 1 aliphatic rings. The second-order valence-electron chi connectivity index (χ2n) is 5.20. The molecule has 0 aromatic carbocycles. The Morgan fingerprint density at radius 3 is 2.77 bits per heavy atom. The van der Waals surface area contributed by atoms with Gasteiger partial charge in [0.25, 0.3) is 5.56 Å². The zero-order valence-electron chi connectivity index (χ0n) is 11.9. The fraction of sp³-hybridized carbons (Fsp3) is 0.615. The van der Waals surface area contributed by atoms with E-state index in [1.165, 1.54) is 16.8 Å². The molecule has 0 bridgehead atoms. The van der Waals surface area contributed by atoms with Crippen LogP contribution in [0.3, 0.4) is 0 Å². The standard InChI is InChI=1S/C13H19N3O6/c14-9(12(19)20)3-5-15-10(18)4-6-16(13(15)21)11-2-1-8(7-17)22-11/h4,6,8-9,11,17H,1-3,5,7,14H2,(H,19,20). The number of carboxylic acid groups (broad SMARTS) is 1. The monoisotopic (exact) mass is 313 g/mol. The Balaban J connectivity index is 2.21. The zero-order chi connectivity index (χ0) is 16.3. The Hall–Kier alpha value is -1.97. The minimum Gasteiger partial charge on any atom is -0.480 e. The first-order valence-electron chi connectivity index (χ1n) is 7.00. The van der Waals surface area contributed by atoms with Gasteiger partial charge in [-0.3, -0.25) is 18.7 Å². The van der Waals surface area contributed by atoms with Crippen LogP contribution in [-0.2, 0) is 16.1 Å². The molecule has 1 aliphatic heterocycles. The highest BCUT2D eigenvalue weighted by molar-refractivity contribution is 5.72. The van der Waals surface area contributed by atoms with Gasteiger partial charge in [-0.15, -0.1) is 0 Å². The number of carboxylic acids is 1. The van der Waals surface area contributed by atoms with Gasteiger partial charge in [-0.2, -0.15) is 0 Å². The van der Waals surface area contributed by atoms with E-state index in [4.69, 9.17) is 20.7 Å². The van der Waals surface area contributed by atoms with Gasteiger partial charge in [0.1, 0.15) is 12.3 Å². The number of hydrogen-bond acceptors (Lipinski definition) is 6. The van der Waals surface area contributed by atoms with Crippen molar-refractivity contribution in [3.63, 3.8) is 0 Å². The Morgan fingerprint density at radius 2 is 2.18 bits per heavy atom. The van der Waals surface area contributed by atoms with Crippen molar-refractivity contribution in [3.05, 3.63) is 33.1 Å². The van der Waals surface area contributed by atoms with E-state index < -0.39 is 29.5 Å². The molecule has 1 saturated heterocycles. The lowest BCUT2D eigenvalue weighted by Gasteiger charge is -2.16. The van der Waals surface area contributed by atoms with E-state index >= 15 is 0 Å². The number of aromatic nitrogens is 2. The summed E-state index contributed by atoms with van der Waals surface area (Å²) in [5.74, 6) is -1.19. The molecule has 0 aliphatic carbocycles. The van der Waals surface area contributed by atoms with Crippen LogP contribution >= 0.6 is 0 Å². The van der Waals surface area contributed by atoms with Gasteiger partial charge in [-0.1, -0.05) is 0 Å². The summed E-state index contributed by atoms with van der Waals surface area (Å²) in [5, 5.41) is 17.8. The number of aliphatic hydroxyl groups excluding tert-OH is 1. The van der Waals surface area contributed by atoms with E-state index in [1.807, 2.05) is 0 Å². The molecule has 22 heavy (non-hydrogen) atoms. The van der Waals surface area contributed by atoms with Crippen LogP contribution in [0, 0.1) is 0 Å². The highest BCUT2D eigenvalue weighted by atomic mass is 16.5. The topological polar surface area (TPSA) is 137 Å². The van der Waals surface area contributed by atoms with Crippen LogP contribution in [0.5, 0.6) is 0 Å². The van der Waals surface area contributed by atoms with Gasteiger partial charge >= 0.3 is 11.7 Å². The summed E-state index contributed by atoms with van der Waals surface area (Å²) in [6, 6.07) is 0.0880. The van der Waals surface area contributed by atoms with E-state index in [1.54, 1.807) is 0 Å². The summed E-state index contributed by atoms with van der Waals surface area (Å²) in [5.41, 5.74) is 4.29. The highest BCUT2D eigenvalue weighted by Crippen LogP contribution is 2.26. The molecule has 1 aromatic rings. The first-order valence-corrected chi connectivity index (χ1v) is 7.00. The van der Waals surface area contributed by atoms with Gasteiger partial charge in [0.2, 0.25) is 0 Å². The number of carbonyl (C=O) groups is 1. The number of ether oxygens (including phenoxy) is 1. The van der Waals surface area contributed by atoms with Crippen molar-refractivity contribution in [2.24, 2.45) is 5.73 Å². The van der Waals surface area contributed by atoms with Crippen LogP contribution in [0.1, 0.15) is 25.5 Å². The van der Waals surface area contributed by atoms with Crippen LogP contribution in [0.15, 0.2) is 21.9 Å². The van der Waals surface area contributed by atoms with E-state index in [2.05, 4.69) is 0 Å². The molecular formula is C13H19N3O6. The average molecular weight is 313 g/mol. The largest absolute Gasteiger partial charge is 0.480 e. The van der Waals surface area contributed by atoms with Crippen molar-refractivity contribution in [3.8, 4) is 0 Å². The Kier molecular flexibility index (Phi) is 5.11. The number of rotatable bonds is 6. The zero-order valence-corrected chi connectivity index (χ0v) is 11.9. The molecule has 9 heteroatoms. The Bertz CT molecular complexity index is 652. The first-order chi connectivity index (χ1) is 10.4. The van der Waals surface area contributed by atoms with Gasteiger partial charge in [0.05, 0.1) is 12.7 Å². The molecule has 0 saturated carbocycles. The normalized spacial score (nSPS) is 22.6. The lowest BCUT2D eigenvalue weighted by molar-refractivity contribution is -0.138. The number of nitrogens with two attached hydrogens (primary N) is 1. The van der Waals surface area contributed by atoms with Crippen molar-refractivity contribution in [1.82, 2.24) is 9.13 Å². The van der Waals surface area contributed by atoms with Crippen molar-refractivity contribution < 1.29 is 19.7 Å². The van der Waals surface area contributed by atoms with Gasteiger partial charge in [-0.25, -0.2) is 4.79 Å². The summed E-state index contributed by atoms with van der Waals surface area (Å²) < 4.78 is 7.74. The minimum absolute atomic E-state index is 0.0285. The Morgan fingerprint density at radius 1 is 1.45 bits per heavy atom. The van der Waals surface area contributed by atoms with Crippen molar-refractivity contribution in [2.75, 3.05) is 6.61 Å². The van der Waals surface area contributed by atoms with E-state index in [0.29, 0.717) is 12.8 Å². The SMILES string of the molecule is NC(CCn1c(=O)ccn(C2CCC(CO)O2)c1=O)C(=O)O. The lowest BCUT2D eigenvalue weighted by atomic mass is 10.2. The summed E-state index contributed by atoms with van der Waals surface area (Å²) in [4.78, 5) is 34.8. The molecule has 0 amide bonds. The van der Waals surface area contributed by atoms with Crippen molar-refractivity contribution in [2.45, 2.75) is 44.2 Å². The van der Waals surface area contributed by atoms with Crippen LogP contribution < -0.4 is 17.0 Å². The molecule has 3 atom stereocenters. The maximum atomic E-state index is 12.3. The van der Waals surface area contributed by atoms with E-state index in [9.17, 15) is 14.4 Å². The van der Waals surface area contributed by atoms with Crippen LogP contribution in [0.25, 0.3) is 0 Å². The first kappa shape index (κ1) is 16.4. The molecular weight excluding hydrogens is 294 g/mol. The van der Waals surface area contributed by atoms with E-state index in [0.717, 1.165) is 4.57 Å². The van der Waals surface area contributed by atoms with Crippen LogP contribution in [-0.4, -0.2) is 44.1 Å². The summed E-state index contributed by atoms with van der Waals surface area (Å²) in [6.45, 7) is -0.208. The third-order valence-corrected chi connectivity index (χ3v) is 3.68. The molecule has 0 spiro atoms. The third-order valence-electron chi connectivity index (χ3n) is 3.68. The minimum atomic E-state index is -1.19. The van der Waals surface area contributed by atoms with E-state index in [-0.39, 0.29) is 25.7 Å². The second kappa shape index (κ2) is 6.86. The maximum absolute atomic E-state index is 12.3. The van der Waals surface area contributed by atoms with Gasteiger partial charge in [-0.05, 0) is 19.3 Å². The quantitative estimate of drug-likeness (QED) is 0.580. The summed E-state index contributed by atoms with van der Waals surface area (Å²) in [7, 11) is 0. The predicted molar refractivity (Wildman–Crippen MR) is 75.4 cm³/mol. The van der Waals surface area contributed by atoms with Crippen LogP contribution in [0.4, 0.5) is 0 Å². The molecule has 2 rings (SSSR count). The number of aliphatic hydroxyl groups is 1. The van der Waals surface area contributed by atoms with Crippen LogP contribution in [0.2, 0.25) is 0 Å². The maximum Gasteiger partial charge on any atom is 0.333 e. The Labute approximate surface area is 125 Å². The smallest absolute Gasteiger partial charge is 0.333 e. The average Bonchev–Trinajstić information content (AvgIpc) is 2.95. The molecule has 3 unspecified atom stereocenters. The summed E-state index contributed by atoms with van der Waals surface area (Å²) >= 11 is 0. The van der Waals surface area contributed by atoms with Crippen molar-refractivity contribution >= 4 is 5.97 Å². The lowest BCUT2D eigenvalue weighted by Crippen LogP contribution is -2.42. The highest BCUT2D eigenvalue weighted by Gasteiger charge is 2.27. The molecule has 122 valence electrons. The second-order valence-corrected chi connectivity index (χ2v) is 5.20. The summed E-state index contributed by atoms with van der Waals surface area (Å²) in [6.07, 6.45) is 1.64. The molecule has 0 radical (unpaired) electrons. The number of aliphatic carboxylic acids is 1. The van der Waals surface area contributed by atoms with Crippen molar-refractivity contribution in [1.29, 1.82) is 0 Å². The van der Waals surface area contributed by atoms with Gasteiger partial charge in [0.15, 0.2) is 0 Å². The molecule has 9 nitrogen and oxygen atoms in total. The molecule has 1 fully saturated rings. The molecule has 1 aromatic heterocycles. The fourth-order valence-electron chi connectivity index (χ4n) is 2.37.